The van der Waals surface area contributed by atoms with Gasteiger partial charge in [0.2, 0.25) is 0 Å². The van der Waals surface area contributed by atoms with Crippen LogP contribution in [-0.2, 0) is 4.74 Å². The van der Waals surface area contributed by atoms with Crippen molar-refractivity contribution in [2.45, 2.75) is 6.92 Å². The molecule has 1 heterocycles. The summed E-state index contributed by atoms with van der Waals surface area (Å²) in [4.78, 5) is 11.3. The van der Waals surface area contributed by atoms with Crippen LogP contribution in [0.25, 0.3) is 5.69 Å². The van der Waals surface area contributed by atoms with Crippen LogP contribution >= 0.6 is 11.6 Å². The van der Waals surface area contributed by atoms with Gasteiger partial charge in [0.25, 0.3) is 0 Å². The van der Waals surface area contributed by atoms with Crippen molar-refractivity contribution in [3.63, 3.8) is 0 Å². The summed E-state index contributed by atoms with van der Waals surface area (Å²) in [5.74, 6) is -0.527. The van der Waals surface area contributed by atoms with Crippen LogP contribution in [0.2, 0.25) is 5.02 Å². The van der Waals surface area contributed by atoms with Crippen molar-refractivity contribution in [1.29, 1.82) is 0 Å². The minimum absolute atomic E-state index is 0.145. The predicted molar refractivity (Wildman–Crippen MR) is 62.4 cm³/mol. The Balaban J connectivity index is 2.47. The highest BCUT2D eigenvalue weighted by molar-refractivity contribution is 6.32. The minimum Gasteiger partial charge on any atom is -0.464 e. The third-order valence-electron chi connectivity index (χ3n) is 2.31. The van der Waals surface area contributed by atoms with E-state index in [1.54, 1.807) is 6.07 Å². The van der Waals surface area contributed by atoms with Gasteiger partial charge in [-0.1, -0.05) is 28.9 Å². The fourth-order valence-corrected chi connectivity index (χ4v) is 1.79. The molecule has 0 saturated heterocycles. The molecule has 2 rings (SSSR count). The van der Waals surface area contributed by atoms with Gasteiger partial charge in [0.05, 0.1) is 24.0 Å². The monoisotopic (exact) mass is 251 g/mol. The Hall–Kier alpha value is -1.88. The number of benzene rings is 1. The molecule has 0 spiro atoms. The van der Waals surface area contributed by atoms with Gasteiger partial charge in [-0.25, -0.2) is 9.48 Å². The molecule has 0 aliphatic heterocycles. The molecule has 0 bridgehead atoms. The average molecular weight is 252 g/mol. The standard InChI is InChI=1S/C11H10ClN3O2/c1-7-4-3-5-8(12)10(7)15-6-9(13-14-15)11(16)17-2/h3-6H,1-2H3. The van der Waals surface area contributed by atoms with Crippen molar-refractivity contribution in [2.24, 2.45) is 0 Å². The molecule has 2 aromatic rings. The molecule has 1 aromatic carbocycles. The summed E-state index contributed by atoms with van der Waals surface area (Å²) in [5, 5.41) is 8.13. The van der Waals surface area contributed by atoms with Gasteiger partial charge < -0.3 is 4.74 Å². The van der Waals surface area contributed by atoms with E-state index in [1.165, 1.54) is 18.0 Å². The van der Waals surface area contributed by atoms with Crippen molar-refractivity contribution in [2.75, 3.05) is 7.11 Å². The second-order valence-electron chi connectivity index (χ2n) is 3.45. The van der Waals surface area contributed by atoms with Crippen LogP contribution in [0.3, 0.4) is 0 Å². The molecular formula is C11H10ClN3O2. The van der Waals surface area contributed by atoms with Gasteiger partial charge >= 0.3 is 5.97 Å². The number of esters is 1. The molecule has 0 N–H and O–H groups in total. The smallest absolute Gasteiger partial charge is 0.360 e. The molecule has 0 amide bonds. The number of halogens is 1. The van der Waals surface area contributed by atoms with E-state index in [2.05, 4.69) is 15.0 Å². The summed E-state index contributed by atoms with van der Waals surface area (Å²) in [6, 6.07) is 5.50. The number of hydrogen-bond acceptors (Lipinski definition) is 4. The Morgan fingerprint density at radius 2 is 2.24 bits per heavy atom. The molecule has 88 valence electrons. The van der Waals surface area contributed by atoms with E-state index in [-0.39, 0.29) is 5.69 Å². The van der Waals surface area contributed by atoms with Crippen LogP contribution in [0.5, 0.6) is 0 Å². The van der Waals surface area contributed by atoms with Gasteiger partial charge in [-0.15, -0.1) is 5.10 Å². The van der Waals surface area contributed by atoms with Crippen molar-refractivity contribution in [3.8, 4) is 5.69 Å². The first-order valence-corrected chi connectivity index (χ1v) is 5.27. The topological polar surface area (TPSA) is 57.0 Å². The number of carbonyl (C=O) groups excluding carboxylic acids is 1. The Morgan fingerprint density at radius 1 is 1.47 bits per heavy atom. The van der Waals surface area contributed by atoms with E-state index in [1.807, 2.05) is 19.1 Å². The summed E-state index contributed by atoms with van der Waals surface area (Å²) < 4.78 is 6.02. The molecule has 17 heavy (non-hydrogen) atoms. The number of hydrogen-bond donors (Lipinski definition) is 0. The number of para-hydroxylation sites is 1. The third-order valence-corrected chi connectivity index (χ3v) is 2.61. The molecule has 1 aromatic heterocycles. The largest absolute Gasteiger partial charge is 0.464 e. The van der Waals surface area contributed by atoms with Crippen LogP contribution in [-0.4, -0.2) is 28.1 Å². The Morgan fingerprint density at radius 3 is 2.88 bits per heavy atom. The SMILES string of the molecule is COC(=O)c1cn(-c2c(C)cccc2Cl)nn1. The number of carbonyl (C=O) groups is 1. The quantitative estimate of drug-likeness (QED) is 0.766. The zero-order valence-electron chi connectivity index (χ0n) is 9.35. The summed E-state index contributed by atoms with van der Waals surface area (Å²) >= 11 is 6.08. The lowest BCUT2D eigenvalue weighted by atomic mass is 10.2. The Kier molecular flexibility index (Phi) is 3.10. The molecule has 0 radical (unpaired) electrons. The molecule has 0 unspecified atom stereocenters. The summed E-state index contributed by atoms with van der Waals surface area (Å²) in [6.45, 7) is 1.90. The summed E-state index contributed by atoms with van der Waals surface area (Å²) in [7, 11) is 1.29. The fourth-order valence-electron chi connectivity index (χ4n) is 1.48. The van der Waals surface area contributed by atoms with E-state index in [4.69, 9.17) is 11.6 Å². The highest BCUT2D eigenvalue weighted by Crippen LogP contribution is 2.23. The van der Waals surface area contributed by atoms with Crippen LogP contribution in [0.4, 0.5) is 0 Å². The first kappa shape index (κ1) is 11.6. The van der Waals surface area contributed by atoms with E-state index in [9.17, 15) is 4.79 Å². The highest BCUT2D eigenvalue weighted by Gasteiger charge is 2.13. The maximum Gasteiger partial charge on any atom is 0.360 e. The number of nitrogens with zero attached hydrogens (tertiary/aromatic N) is 3. The number of rotatable bonds is 2. The van der Waals surface area contributed by atoms with Gasteiger partial charge in [0, 0.05) is 0 Å². The van der Waals surface area contributed by atoms with Crippen molar-refractivity contribution in [1.82, 2.24) is 15.0 Å². The molecule has 0 aliphatic carbocycles. The first-order valence-electron chi connectivity index (χ1n) is 4.89. The van der Waals surface area contributed by atoms with Gasteiger partial charge in [0.1, 0.15) is 0 Å². The van der Waals surface area contributed by atoms with Crippen molar-refractivity contribution >= 4 is 17.6 Å². The number of aryl methyl sites for hydroxylation is 1. The van der Waals surface area contributed by atoms with Crippen LogP contribution in [0.15, 0.2) is 24.4 Å². The number of methoxy groups -OCH3 is 1. The first-order chi connectivity index (χ1) is 8.13. The second kappa shape index (κ2) is 4.55. The molecular weight excluding hydrogens is 242 g/mol. The van der Waals surface area contributed by atoms with E-state index in [0.717, 1.165) is 5.56 Å². The molecule has 5 nitrogen and oxygen atoms in total. The van der Waals surface area contributed by atoms with Crippen LogP contribution in [0.1, 0.15) is 16.1 Å². The average Bonchev–Trinajstić information content (AvgIpc) is 2.77. The Bertz CT molecular complexity index is 545. The van der Waals surface area contributed by atoms with Crippen LogP contribution < -0.4 is 0 Å². The van der Waals surface area contributed by atoms with Crippen molar-refractivity contribution in [3.05, 3.63) is 40.7 Å². The maximum atomic E-state index is 11.3. The van der Waals surface area contributed by atoms with E-state index in [0.29, 0.717) is 10.7 Å². The van der Waals surface area contributed by atoms with E-state index < -0.39 is 5.97 Å². The zero-order chi connectivity index (χ0) is 12.4. The molecule has 0 atom stereocenters. The zero-order valence-corrected chi connectivity index (χ0v) is 10.1. The fraction of sp³-hybridized carbons (Fsp3) is 0.182. The van der Waals surface area contributed by atoms with E-state index >= 15 is 0 Å². The molecule has 6 heteroatoms. The predicted octanol–water partition coefficient (Wildman–Crippen LogP) is 2.02. The summed E-state index contributed by atoms with van der Waals surface area (Å²) in [6.07, 6.45) is 1.49. The highest BCUT2D eigenvalue weighted by atomic mass is 35.5. The third kappa shape index (κ3) is 2.14. The lowest BCUT2D eigenvalue weighted by Crippen LogP contribution is -2.01. The van der Waals surface area contributed by atoms with Crippen molar-refractivity contribution < 1.29 is 9.53 Å². The van der Waals surface area contributed by atoms with Gasteiger partial charge in [-0.3, -0.25) is 0 Å². The van der Waals surface area contributed by atoms with Gasteiger partial charge in [0.15, 0.2) is 5.69 Å². The normalized spacial score (nSPS) is 10.3. The minimum atomic E-state index is -0.527. The van der Waals surface area contributed by atoms with Gasteiger partial charge in [-0.05, 0) is 18.6 Å². The lowest BCUT2D eigenvalue weighted by Gasteiger charge is -2.06. The van der Waals surface area contributed by atoms with Gasteiger partial charge in [-0.2, -0.15) is 0 Å². The molecule has 0 saturated carbocycles. The number of aromatic nitrogens is 3. The molecule has 0 fully saturated rings. The second-order valence-corrected chi connectivity index (χ2v) is 3.85. The van der Waals surface area contributed by atoms with Crippen LogP contribution in [0, 0.1) is 6.92 Å². The molecule has 0 aliphatic rings. The lowest BCUT2D eigenvalue weighted by molar-refractivity contribution is 0.0594. The Labute approximate surface area is 103 Å². The number of ether oxygens (including phenoxy) is 1. The maximum absolute atomic E-state index is 11.3. The summed E-state index contributed by atoms with van der Waals surface area (Å²) in [5.41, 5.74) is 1.79.